The fourth-order valence-corrected chi connectivity index (χ4v) is 8.01. The second kappa shape index (κ2) is 15.6. The van der Waals surface area contributed by atoms with Crippen LogP contribution in [0.1, 0.15) is 22.4 Å². The molecule has 0 unspecified atom stereocenters. The Labute approximate surface area is 312 Å². The first kappa shape index (κ1) is 35.2. The Morgan fingerprint density at radius 1 is 0.981 bits per heavy atom. The van der Waals surface area contributed by atoms with Gasteiger partial charge in [-0.15, -0.1) is 23.1 Å². The smallest absolute Gasteiger partial charge is 0.352 e. The number of aliphatic carboxylic acids is 1. The maximum absolute atomic E-state index is 14.1. The summed E-state index contributed by atoms with van der Waals surface area (Å²) in [6.07, 6.45) is 6.52. The molecule has 0 bridgehead atoms. The quantitative estimate of drug-likeness (QED) is 0.0630. The van der Waals surface area contributed by atoms with Crippen LogP contribution < -0.4 is 15.8 Å². The zero-order chi connectivity index (χ0) is 36.8. The van der Waals surface area contributed by atoms with Gasteiger partial charge in [0.15, 0.2) is 10.8 Å². The van der Waals surface area contributed by atoms with Gasteiger partial charge in [0.05, 0.1) is 6.20 Å². The Kier molecular flexibility index (Phi) is 10.3. The molecule has 5 aromatic rings. The number of thioether (sulfide) groups is 1. The van der Waals surface area contributed by atoms with Crippen molar-refractivity contribution >= 4 is 51.7 Å². The van der Waals surface area contributed by atoms with Crippen molar-refractivity contribution in [2.24, 2.45) is 5.16 Å². The number of anilines is 1. The number of β-lactam (4-membered cyclic amide) rings is 1. The molecular formula is C39H32N6O6S2. The van der Waals surface area contributed by atoms with E-state index in [-0.39, 0.29) is 34.6 Å². The van der Waals surface area contributed by atoms with Gasteiger partial charge in [-0.1, -0.05) is 102 Å². The Morgan fingerprint density at radius 3 is 2.17 bits per heavy atom. The molecule has 14 heteroatoms. The summed E-state index contributed by atoms with van der Waals surface area (Å²) in [4.78, 5) is 56.3. The van der Waals surface area contributed by atoms with E-state index >= 15 is 0 Å². The summed E-state index contributed by atoms with van der Waals surface area (Å²) in [5, 5.41) is 18.5. The molecule has 4 heterocycles. The van der Waals surface area contributed by atoms with E-state index in [1.54, 1.807) is 42.1 Å². The molecule has 3 aromatic carbocycles. The molecule has 2 atom stereocenters. The highest BCUT2D eigenvalue weighted by Gasteiger charge is 2.54. The Balaban J connectivity index is 1.18. The maximum Gasteiger partial charge on any atom is 0.352 e. The molecule has 1 fully saturated rings. The molecular weight excluding hydrogens is 713 g/mol. The number of aromatic nitrogens is 2. The number of ether oxygens (including phenoxy) is 1. The summed E-state index contributed by atoms with van der Waals surface area (Å²) in [7, 11) is 0. The van der Waals surface area contributed by atoms with Crippen LogP contribution in [0.5, 0.6) is 5.75 Å². The van der Waals surface area contributed by atoms with Gasteiger partial charge in [-0.05, 0) is 23.8 Å². The van der Waals surface area contributed by atoms with Crippen molar-refractivity contribution in [1.82, 2.24) is 20.2 Å². The van der Waals surface area contributed by atoms with Crippen LogP contribution in [0.15, 0.2) is 149 Å². The van der Waals surface area contributed by atoms with Crippen molar-refractivity contribution in [1.29, 1.82) is 0 Å². The highest BCUT2D eigenvalue weighted by Crippen LogP contribution is 2.42. The minimum Gasteiger partial charge on any atom is -0.488 e. The number of nitrogens with two attached hydrogens (primary N) is 1. The summed E-state index contributed by atoms with van der Waals surface area (Å²) in [5.41, 5.74) is 7.19. The number of nitrogen functional groups attached to an aromatic ring is 1. The molecule has 0 radical (unpaired) electrons. The Hall–Kier alpha value is -6.25. The molecule has 0 spiro atoms. The van der Waals surface area contributed by atoms with Gasteiger partial charge in [0.25, 0.3) is 11.8 Å². The molecule has 2 amide bonds. The van der Waals surface area contributed by atoms with Crippen LogP contribution in [0.25, 0.3) is 0 Å². The van der Waals surface area contributed by atoms with Crippen molar-refractivity contribution in [3.05, 3.63) is 167 Å². The van der Waals surface area contributed by atoms with Gasteiger partial charge >= 0.3 is 5.97 Å². The number of carboxylic acid groups (broad SMARTS) is 1. The molecule has 2 aliphatic rings. The monoisotopic (exact) mass is 744 g/mol. The summed E-state index contributed by atoms with van der Waals surface area (Å²) in [6.45, 7) is 0.175. The SMILES string of the molecule is Nc1nc(C(=NOC(c2ccccc2)(c2ccccc2)c2ccccc2)C(=O)N[C@@H]2C(=O)N3C(C(=O)O)=C(/C=C\COc4cccnc4)CS[C@H]23)cs1. The summed E-state index contributed by atoms with van der Waals surface area (Å²) >= 11 is 2.46. The number of benzene rings is 3. The fraction of sp³-hybridized carbons (Fsp3) is 0.128. The number of hydrogen-bond donors (Lipinski definition) is 3. The zero-order valence-electron chi connectivity index (χ0n) is 27.9. The highest BCUT2D eigenvalue weighted by atomic mass is 32.2. The average Bonchev–Trinajstić information content (AvgIpc) is 3.63. The first-order valence-electron chi connectivity index (χ1n) is 16.4. The van der Waals surface area contributed by atoms with E-state index < -0.39 is 34.8 Å². The molecule has 12 nitrogen and oxygen atoms in total. The number of amides is 2. The number of nitrogens with one attached hydrogen (secondary N) is 1. The molecule has 53 heavy (non-hydrogen) atoms. The first-order valence-corrected chi connectivity index (χ1v) is 18.3. The predicted octanol–water partition coefficient (Wildman–Crippen LogP) is 5.21. The molecule has 2 aliphatic heterocycles. The van der Waals surface area contributed by atoms with Gasteiger partial charge in [-0.25, -0.2) is 9.78 Å². The van der Waals surface area contributed by atoms with Gasteiger partial charge < -0.3 is 25.7 Å². The molecule has 0 aliphatic carbocycles. The van der Waals surface area contributed by atoms with E-state index in [2.05, 4.69) is 20.4 Å². The van der Waals surface area contributed by atoms with E-state index in [9.17, 15) is 19.5 Å². The van der Waals surface area contributed by atoms with Crippen molar-refractivity contribution in [2.45, 2.75) is 17.0 Å². The molecule has 0 saturated carbocycles. The van der Waals surface area contributed by atoms with Crippen LogP contribution >= 0.6 is 23.1 Å². The van der Waals surface area contributed by atoms with Gasteiger partial charge in [0, 0.05) is 34.0 Å². The lowest BCUT2D eigenvalue weighted by Gasteiger charge is -2.49. The molecule has 4 N–H and O–H groups in total. The van der Waals surface area contributed by atoms with Gasteiger partial charge in [-0.3, -0.25) is 19.5 Å². The summed E-state index contributed by atoms with van der Waals surface area (Å²) < 4.78 is 5.63. The number of carbonyl (C=O) groups is 3. The number of oxime groups is 1. The Morgan fingerprint density at radius 2 is 1.62 bits per heavy atom. The number of hydrogen-bond acceptors (Lipinski definition) is 11. The van der Waals surface area contributed by atoms with Crippen LogP contribution in [0, 0.1) is 0 Å². The van der Waals surface area contributed by atoms with Gasteiger partial charge in [0.2, 0.25) is 5.60 Å². The van der Waals surface area contributed by atoms with Crippen LogP contribution in [-0.4, -0.2) is 67.2 Å². The number of allylic oxidation sites excluding steroid dienone is 1. The van der Waals surface area contributed by atoms with E-state index in [4.69, 9.17) is 15.3 Å². The van der Waals surface area contributed by atoms with E-state index in [0.29, 0.717) is 11.3 Å². The third kappa shape index (κ3) is 7.14. The standard InChI is InChI=1S/C39H32N6O6S2/c40-38-42-30(24-53-38)31(44-51-39(26-13-4-1-5-14-26,27-15-6-2-7-16-27)28-17-8-3-9-18-28)34(46)43-32-35(47)45-33(37(48)49)25(23-52-36(32)45)12-11-21-50-29-19-10-20-41-22-29/h1-20,22,24,32,36H,21,23H2,(H2,40,42)(H,43,46)(H,48,49)/b12-11-,44-31?/t32-,36-/m1/s1. The molecule has 7 rings (SSSR count). The van der Waals surface area contributed by atoms with Crippen LogP contribution in [0.3, 0.4) is 0 Å². The number of nitrogens with zero attached hydrogens (tertiary/aromatic N) is 4. The highest BCUT2D eigenvalue weighted by molar-refractivity contribution is 8.00. The van der Waals surface area contributed by atoms with Crippen LogP contribution in [-0.2, 0) is 24.8 Å². The predicted molar refractivity (Wildman–Crippen MR) is 202 cm³/mol. The fourth-order valence-electron chi connectivity index (χ4n) is 6.14. The number of thiazole rings is 1. The van der Waals surface area contributed by atoms with E-state index in [1.807, 2.05) is 91.0 Å². The summed E-state index contributed by atoms with van der Waals surface area (Å²) in [5.74, 6) is -1.72. The topological polar surface area (TPSA) is 169 Å². The van der Waals surface area contributed by atoms with E-state index in [0.717, 1.165) is 28.0 Å². The van der Waals surface area contributed by atoms with Crippen LogP contribution in [0.4, 0.5) is 5.13 Å². The zero-order valence-corrected chi connectivity index (χ0v) is 29.6. The number of carboxylic acids is 1. The number of carbonyl (C=O) groups excluding carboxylic acids is 2. The maximum atomic E-state index is 14.1. The lowest BCUT2D eigenvalue weighted by Crippen LogP contribution is -2.71. The lowest BCUT2D eigenvalue weighted by molar-refractivity contribution is -0.150. The Bertz CT molecular complexity index is 2100. The van der Waals surface area contributed by atoms with Crippen molar-refractivity contribution < 1.29 is 29.1 Å². The summed E-state index contributed by atoms with van der Waals surface area (Å²) in [6, 6.07) is 31.0. The van der Waals surface area contributed by atoms with Crippen molar-refractivity contribution in [3.63, 3.8) is 0 Å². The number of rotatable bonds is 13. The molecule has 266 valence electrons. The van der Waals surface area contributed by atoms with Crippen LogP contribution in [0.2, 0.25) is 0 Å². The second-order valence-electron chi connectivity index (χ2n) is 11.8. The minimum absolute atomic E-state index is 0.148. The number of pyridine rings is 1. The number of fused-ring (bicyclic) bond motifs is 1. The van der Waals surface area contributed by atoms with Crippen molar-refractivity contribution in [2.75, 3.05) is 18.1 Å². The molecule has 1 saturated heterocycles. The normalized spacial score (nSPS) is 17.2. The third-order valence-electron chi connectivity index (χ3n) is 8.58. The minimum atomic E-state index is -1.30. The second-order valence-corrected chi connectivity index (χ2v) is 13.8. The van der Waals surface area contributed by atoms with Gasteiger partial charge in [-0.2, -0.15) is 0 Å². The van der Waals surface area contributed by atoms with Crippen molar-refractivity contribution in [3.8, 4) is 5.75 Å². The third-order valence-corrected chi connectivity index (χ3v) is 10.6. The molecule has 2 aromatic heterocycles. The largest absolute Gasteiger partial charge is 0.488 e. The first-order chi connectivity index (χ1) is 25.9. The average molecular weight is 745 g/mol. The van der Waals surface area contributed by atoms with E-state index in [1.165, 1.54) is 16.7 Å². The lowest BCUT2D eigenvalue weighted by atomic mass is 9.80. The van der Waals surface area contributed by atoms with Gasteiger partial charge in [0.1, 0.15) is 35.2 Å².